The van der Waals surface area contributed by atoms with Gasteiger partial charge in [0.15, 0.2) is 0 Å². The van der Waals surface area contributed by atoms with Crippen LogP contribution in [0, 0.1) is 12.7 Å². The van der Waals surface area contributed by atoms with Crippen LogP contribution in [0.4, 0.5) is 4.39 Å². The average Bonchev–Trinajstić information content (AvgIpc) is 2.22. The van der Waals surface area contributed by atoms with Gasteiger partial charge in [-0.25, -0.2) is 4.39 Å². The highest BCUT2D eigenvalue weighted by Crippen LogP contribution is 2.12. The van der Waals surface area contributed by atoms with Crippen LogP contribution in [0.3, 0.4) is 0 Å². The maximum absolute atomic E-state index is 12.8. The Bertz CT molecular complexity index is 379. The fourth-order valence-corrected chi connectivity index (χ4v) is 1.46. The number of ether oxygens (including phenoxy) is 1. The molecule has 0 amide bonds. The van der Waals surface area contributed by atoms with Crippen LogP contribution < -0.4 is 5.73 Å². The molecule has 2 N–H and O–H groups in total. The van der Waals surface area contributed by atoms with Crippen LogP contribution in [0.2, 0.25) is 0 Å². The van der Waals surface area contributed by atoms with Gasteiger partial charge in [0.2, 0.25) is 0 Å². The maximum atomic E-state index is 12.8. The molecule has 16 heavy (non-hydrogen) atoms. The quantitative estimate of drug-likeness (QED) is 0.791. The molecule has 1 aromatic carbocycles. The van der Waals surface area contributed by atoms with Crippen LogP contribution in [-0.4, -0.2) is 18.6 Å². The Morgan fingerprint density at radius 2 is 2.25 bits per heavy atom. The Morgan fingerprint density at radius 1 is 1.56 bits per heavy atom. The van der Waals surface area contributed by atoms with Crippen LogP contribution >= 0.6 is 0 Å². The number of hydrogen-bond acceptors (Lipinski definition) is 3. The Labute approximate surface area is 94.4 Å². The molecule has 0 bridgehead atoms. The zero-order chi connectivity index (χ0) is 12.1. The molecule has 3 nitrogen and oxygen atoms in total. The molecule has 0 spiro atoms. The van der Waals surface area contributed by atoms with Gasteiger partial charge >= 0.3 is 5.97 Å². The minimum absolute atomic E-state index is 0.286. The summed E-state index contributed by atoms with van der Waals surface area (Å²) in [5.74, 6) is -0.711. The van der Waals surface area contributed by atoms with E-state index < -0.39 is 12.0 Å². The second kappa shape index (κ2) is 5.61. The molecule has 1 atom stereocenters. The third kappa shape index (κ3) is 3.31. The summed E-state index contributed by atoms with van der Waals surface area (Å²) in [6.45, 7) is 3.83. The molecule has 0 heterocycles. The minimum atomic E-state index is -0.691. The lowest BCUT2D eigenvalue weighted by atomic mass is 10.0. The van der Waals surface area contributed by atoms with Gasteiger partial charge in [-0.2, -0.15) is 0 Å². The van der Waals surface area contributed by atoms with Crippen molar-refractivity contribution >= 4 is 5.97 Å². The van der Waals surface area contributed by atoms with Crippen molar-refractivity contribution in [3.63, 3.8) is 0 Å². The van der Waals surface area contributed by atoms with Gasteiger partial charge in [0.05, 0.1) is 6.61 Å². The normalized spacial score (nSPS) is 12.2. The predicted octanol–water partition coefficient (Wildman–Crippen LogP) is 1.57. The van der Waals surface area contributed by atoms with Crippen molar-refractivity contribution in [1.29, 1.82) is 0 Å². The lowest BCUT2D eigenvalue weighted by Gasteiger charge is -2.12. The van der Waals surface area contributed by atoms with Crippen molar-refractivity contribution < 1.29 is 13.9 Å². The molecular weight excluding hydrogens is 209 g/mol. The summed E-state index contributed by atoms with van der Waals surface area (Å²) in [6.07, 6.45) is 0.366. The molecule has 88 valence electrons. The van der Waals surface area contributed by atoms with Crippen LogP contribution in [0.1, 0.15) is 18.1 Å². The van der Waals surface area contributed by atoms with Crippen molar-refractivity contribution in [3.05, 3.63) is 35.1 Å². The van der Waals surface area contributed by atoms with Gasteiger partial charge in [0.25, 0.3) is 0 Å². The first-order chi connectivity index (χ1) is 7.54. The van der Waals surface area contributed by atoms with E-state index in [0.717, 1.165) is 11.1 Å². The lowest BCUT2D eigenvalue weighted by Crippen LogP contribution is -2.34. The van der Waals surface area contributed by atoms with E-state index in [1.54, 1.807) is 19.9 Å². The summed E-state index contributed by atoms with van der Waals surface area (Å²) >= 11 is 0. The number of benzene rings is 1. The summed E-state index contributed by atoms with van der Waals surface area (Å²) < 4.78 is 17.6. The molecule has 4 heteroatoms. The molecule has 0 aliphatic rings. The SMILES string of the molecule is CCOC(=O)C(N)Cc1ccc(F)cc1C. The molecule has 0 fully saturated rings. The summed E-state index contributed by atoms with van der Waals surface area (Å²) in [5, 5.41) is 0. The highest BCUT2D eigenvalue weighted by molar-refractivity contribution is 5.75. The smallest absolute Gasteiger partial charge is 0.323 e. The van der Waals surface area contributed by atoms with Crippen molar-refractivity contribution in [2.24, 2.45) is 5.73 Å². The van der Waals surface area contributed by atoms with E-state index in [1.807, 2.05) is 0 Å². The van der Waals surface area contributed by atoms with Gasteiger partial charge < -0.3 is 10.5 Å². The van der Waals surface area contributed by atoms with Crippen molar-refractivity contribution in [3.8, 4) is 0 Å². The summed E-state index contributed by atoms with van der Waals surface area (Å²) in [7, 11) is 0. The van der Waals surface area contributed by atoms with Gasteiger partial charge in [0.1, 0.15) is 11.9 Å². The van der Waals surface area contributed by atoms with Gasteiger partial charge in [-0.1, -0.05) is 6.07 Å². The third-order valence-corrected chi connectivity index (χ3v) is 2.33. The Morgan fingerprint density at radius 3 is 2.81 bits per heavy atom. The van der Waals surface area contributed by atoms with E-state index in [9.17, 15) is 9.18 Å². The first-order valence-corrected chi connectivity index (χ1v) is 5.21. The fourth-order valence-electron chi connectivity index (χ4n) is 1.46. The number of carbonyl (C=O) groups is 1. The van der Waals surface area contributed by atoms with Gasteiger partial charge in [-0.3, -0.25) is 4.79 Å². The van der Waals surface area contributed by atoms with E-state index in [0.29, 0.717) is 13.0 Å². The standard InChI is InChI=1S/C12H16FNO2/c1-3-16-12(15)11(14)7-9-4-5-10(13)6-8(9)2/h4-6,11H,3,7,14H2,1-2H3. The highest BCUT2D eigenvalue weighted by Gasteiger charge is 2.16. The van der Waals surface area contributed by atoms with Crippen LogP contribution in [-0.2, 0) is 16.0 Å². The molecular formula is C12H16FNO2. The number of nitrogens with two attached hydrogens (primary N) is 1. The van der Waals surface area contributed by atoms with E-state index >= 15 is 0 Å². The molecule has 0 saturated heterocycles. The van der Waals surface area contributed by atoms with Crippen molar-refractivity contribution in [1.82, 2.24) is 0 Å². The zero-order valence-electron chi connectivity index (χ0n) is 9.50. The van der Waals surface area contributed by atoms with E-state index in [-0.39, 0.29) is 5.82 Å². The van der Waals surface area contributed by atoms with Crippen LogP contribution in [0.5, 0.6) is 0 Å². The Kier molecular flexibility index (Phi) is 4.43. The largest absolute Gasteiger partial charge is 0.465 e. The number of halogens is 1. The predicted molar refractivity (Wildman–Crippen MR) is 59.4 cm³/mol. The first-order valence-electron chi connectivity index (χ1n) is 5.21. The molecule has 1 unspecified atom stereocenters. The highest BCUT2D eigenvalue weighted by atomic mass is 19.1. The van der Waals surface area contributed by atoms with Gasteiger partial charge in [0, 0.05) is 0 Å². The monoisotopic (exact) mass is 225 g/mol. The number of esters is 1. The lowest BCUT2D eigenvalue weighted by molar-refractivity contribution is -0.144. The number of aryl methyl sites for hydroxylation is 1. The van der Waals surface area contributed by atoms with E-state index in [2.05, 4.69) is 0 Å². The summed E-state index contributed by atoms with van der Waals surface area (Å²) in [4.78, 5) is 11.3. The van der Waals surface area contributed by atoms with E-state index in [1.165, 1.54) is 12.1 Å². The zero-order valence-corrected chi connectivity index (χ0v) is 9.50. The second-order valence-electron chi connectivity index (χ2n) is 3.63. The molecule has 1 rings (SSSR count). The van der Waals surface area contributed by atoms with Gasteiger partial charge in [-0.15, -0.1) is 0 Å². The van der Waals surface area contributed by atoms with E-state index in [4.69, 9.17) is 10.5 Å². The number of hydrogen-bond donors (Lipinski definition) is 1. The molecule has 0 saturated carbocycles. The maximum Gasteiger partial charge on any atom is 0.323 e. The Balaban J connectivity index is 2.69. The number of rotatable bonds is 4. The fraction of sp³-hybridized carbons (Fsp3) is 0.417. The summed E-state index contributed by atoms with van der Waals surface area (Å²) in [6, 6.07) is 3.74. The molecule has 1 aromatic rings. The molecule has 0 aliphatic heterocycles. The van der Waals surface area contributed by atoms with Crippen molar-refractivity contribution in [2.75, 3.05) is 6.61 Å². The van der Waals surface area contributed by atoms with Crippen LogP contribution in [0.15, 0.2) is 18.2 Å². The minimum Gasteiger partial charge on any atom is -0.465 e. The molecule has 0 aliphatic carbocycles. The molecule has 0 radical (unpaired) electrons. The molecule has 0 aromatic heterocycles. The second-order valence-corrected chi connectivity index (χ2v) is 3.63. The average molecular weight is 225 g/mol. The Hall–Kier alpha value is -1.42. The van der Waals surface area contributed by atoms with Gasteiger partial charge in [-0.05, 0) is 43.5 Å². The number of carbonyl (C=O) groups excluding carboxylic acids is 1. The van der Waals surface area contributed by atoms with Crippen molar-refractivity contribution in [2.45, 2.75) is 26.3 Å². The summed E-state index contributed by atoms with van der Waals surface area (Å²) in [5.41, 5.74) is 7.33. The third-order valence-electron chi connectivity index (χ3n) is 2.33. The topological polar surface area (TPSA) is 52.3 Å². The van der Waals surface area contributed by atoms with Crippen LogP contribution in [0.25, 0.3) is 0 Å². The first kappa shape index (κ1) is 12.6.